The second kappa shape index (κ2) is 6.04. The number of aryl methyl sites for hydroxylation is 1. The first-order valence-corrected chi connectivity index (χ1v) is 7.64. The first-order chi connectivity index (χ1) is 8.59. The molecule has 1 aliphatic heterocycles. The molecule has 0 atom stereocenters. The zero-order valence-electron chi connectivity index (χ0n) is 11.1. The normalized spacial score (nSPS) is 16.7. The van der Waals surface area contributed by atoms with Crippen LogP contribution >= 0.6 is 22.6 Å². The Bertz CT molecular complexity index is 434. The van der Waals surface area contributed by atoms with Crippen LogP contribution in [-0.4, -0.2) is 33.7 Å². The summed E-state index contributed by atoms with van der Waals surface area (Å²) >= 11 is 2.29. The van der Waals surface area contributed by atoms with Crippen LogP contribution in [0.1, 0.15) is 37.1 Å². The van der Waals surface area contributed by atoms with Gasteiger partial charge < -0.3 is 4.90 Å². The highest BCUT2D eigenvalue weighted by Crippen LogP contribution is 2.16. The van der Waals surface area contributed by atoms with Crippen molar-refractivity contribution in [1.82, 2.24) is 14.7 Å². The van der Waals surface area contributed by atoms with Crippen LogP contribution < -0.4 is 0 Å². The second-order valence-electron chi connectivity index (χ2n) is 4.94. The molecule has 0 spiro atoms. The van der Waals surface area contributed by atoms with E-state index in [2.05, 4.69) is 27.7 Å². The summed E-state index contributed by atoms with van der Waals surface area (Å²) in [4.78, 5) is 14.3. The number of aromatic nitrogens is 2. The molecule has 4 nitrogen and oxygen atoms in total. The van der Waals surface area contributed by atoms with Crippen LogP contribution in [0.3, 0.4) is 0 Å². The number of hydrogen-bond donors (Lipinski definition) is 0. The first-order valence-electron chi connectivity index (χ1n) is 6.57. The molecule has 0 aromatic carbocycles. The van der Waals surface area contributed by atoms with Gasteiger partial charge in [0.25, 0.3) is 0 Å². The number of amides is 1. The van der Waals surface area contributed by atoms with E-state index in [-0.39, 0.29) is 5.91 Å². The van der Waals surface area contributed by atoms with Gasteiger partial charge in [-0.15, -0.1) is 0 Å². The summed E-state index contributed by atoms with van der Waals surface area (Å²) in [7, 11) is 0. The number of likely N-dealkylation sites (tertiary alicyclic amines) is 1. The minimum atomic E-state index is 0.207. The van der Waals surface area contributed by atoms with Crippen LogP contribution in [0.2, 0.25) is 0 Å². The van der Waals surface area contributed by atoms with E-state index in [4.69, 9.17) is 0 Å². The molecule has 1 saturated heterocycles. The highest BCUT2D eigenvalue weighted by atomic mass is 127. The molecule has 1 aromatic rings. The molecule has 2 rings (SSSR count). The lowest BCUT2D eigenvalue weighted by Gasteiger charge is -2.20. The third kappa shape index (κ3) is 3.05. The molecule has 0 saturated carbocycles. The van der Waals surface area contributed by atoms with Crippen molar-refractivity contribution in [3.05, 3.63) is 15.0 Å². The molecule has 5 heteroatoms. The quantitative estimate of drug-likeness (QED) is 0.760. The van der Waals surface area contributed by atoms with E-state index in [0.29, 0.717) is 6.54 Å². The van der Waals surface area contributed by atoms with Crippen molar-refractivity contribution in [2.24, 2.45) is 0 Å². The van der Waals surface area contributed by atoms with Gasteiger partial charge in [0, 0.05) is 18.8 Å². The summed E-state index contributed by atoms with van der Waals surface area (Å²) in [5, 5.41) is 4.43. The highest BCUT2D eigenvalue weighted by Gasteiger charge is 2.18. The first kappa shape index (κ1) is 13.8. The highest BCUT2D eigenvalue weighted by molar-refractivity contribution is 14.1. The molecule has 0 N–H and O–H groups in total. The molecule has 0 radical (unpaired) electrons. The molecule has 100 valence electrons. The monoisotopic (exact) mass is 361 g/mol. The Kier molecular flexibility index (Phi) is 4.64. The second-order valence-corrected chi connectivity index (χ2v) is 6.02. The van der Waals surface area contributed by atoms with Crippen molar-refractivity contribution in [2.45, 2.75) is 46.1 Å². The molecule has 1 amide bonds. The van der Waals surface area contributed by atoms with Crippen molar-refractivity contribution in [3.63, 3.8) is 0 Å². The van der Waals surface area contributed by atoms with Crippen LogP contribution in [0.25, 0.3) is 0 Å². The van der Waals surface area contributed by atoms with Crippen LogP contribution in [0, 0.1) is 17.4 Å². The molecule has 1 aromatic heterocycles. The van der Waals surface area contributed by atoms with Gasteiger partial charge in [-0.25, -0.2) is 0 Å². The van der Waals surface area contributed by atoms with E-state index < -0.39 is 0 Å². The number of carbonyl (C=O) groups is 1. The van der Waals surface area contributed by atoms with Crippen LogP contribution in [0.15, 0.2) is 0 Å². The van der Waals surface area contributed by atoms with Crippen molar-refractivity contribution >= 4 is 28.5 Å². The number of halogens is 1. The lowest BCUT2D eigenvalue weighted by molar-refractivity contribution is -0.132. The Balaban J connectivity index is 2.03. The third-order valence-electron chi connectivity index (χ3n) is 3.54. The fraction of sp³-hybridized carbons (Fsp3) is 0.692. The van der Waals surface area contributed by atoms with Gasteiger partial charge in [-0.3, -0.25) is 9.48 Å². The van der Waals surface area contributed by atoms with Gasteiger partial charge in [0.2, 0.25) is 5.91 Å². The minimum absolute atomic E-state index is 0.207. The summed E-state index contributed by atoms with van der Waals surface area (Å²) in [6.45, 7) is 6.22. The van der Waals surface area contributed by atoms with Gasteiger partial charge in [-0.05, 0) is 49.3 Å². The average molecular weight is 361 g/mol. The largest absolute Gasteiger partial charge is 0.341 e. The van der Waals surface area contributed by atoms with Gasteiger partial charge >= 0.3 is 0 Å². The average Bonchev–Trinajstić information content (AvgIpc) is 2.59. The van der Waals surface area contributed by atoms with Gasteiger partial charge in [0.15, 0.2) is 0 Å². The van der Waals surface area contributed by atoms with Gasteiger partial charge in [-0.2, -0.15) is 5.10 Å². The van der Waals surface area contributed by atoms with Gasteiger partial charge in [-0.1, -0.05) is 12.8 Å². The predicted molar refractivity (Wildman–Crippen MR) is 79.5 cm³/mol. The molecule has 1 fully saturated rings. The Labute approximate surface area is 122 Å². The summed E-state index contributed by atoms with van der Waals surface area (Å²) < 4.78 is 3.00. The fourth-order valence-electron chi connectivity index (χ4n) is 2.38. The van der Waals surface area contributed by atoms with Gasteiger partial charge in [0.05, 0.1) is 9.26 Å². The SMILES string of the molecule is Cc1nn(CC(=O)N2CCCCCC2)c(C)c1I. The zero-order chi connectivity index (χ0) is 13.1. The van der Waals surface area contributed by atoms with Crippen LogP contribution in [-0.2, 0) is 11.3 Å². The van der Waals surface area contributed by atoms with Crippen molar-refractivity contribution in [1.29, 1.82) is 0 Å². The summed E-state index contributed by atoms with van der Waals surface area (Å²) in [6, 6.07) is 0. The van der Waals surface area contributed by atoms with E-state index in [1.807, 2.05) is 23.4 Å². The van der Waals surface area contributed by atoms with Crippen LogP contribution in [0.4, 0.5) is 0 Å². The van der Waals surface area contributed by atoms with E-state index >= 15 is 0 Å². The standard InChI is InChI=1S/C13H20IN3O/c1-10-13(14)11(2)17(15-10)9-12(18)16-7-5-3-4-6-8-16/h3-9H2,1-2H3. The fourth-order valence-corrected chi connectivity index (χ4v) is 2.76. The Morgan fingerprint density at radius 3 is 2.33 bits per heavy atom. The summed E-state index contributed by atoms with van der Waals surface area (Å²) in [6.07, 6.45) is 4.78. The van der Waals surface area contributed by atoms with Crippen LogP contribution in [0.5, 0.6) is 0 Å². The number of hydrogen-bond acceptors (Lipinski definition) is 2. The molecular formula is C13H20IN3O. The van der Waals surface area contributed by atoms with Crippen molar-refractivity contribution < 1.29 is 4.79 Å². The lowest BCUT2D eigenvalue weighted by Crippen LogP contribution is -2.35. The summed E-state index contributed by atoms with van der Waals surface area (Å²) in [5.41, 5.74) is 2.10. The van der Waals surface area contributed by atoms with Gasteiger partial charge in [0.1, 0.15) is 6.54 Å². The van der Waals surface area contributed by atoms with E-state index in [1.165, 1.54) is 12.8 Å². The molecule has 0 bridgehead atoms. The molecule has 0 aliphatic carbocycles. The maximum absolute atomic E-state index is 12.3. The number of nitrogens with zero attached hydrogens (tertiary/aromatic N) is 3. The van der Waals surface area contributed by atoms with E-state index in [0.717, 1.165) is 40.9 Å². The lowest BCUT2D eigenvalue weighted by atomic mass is 10.2. The predicted octanol–water partition coefficient (Wildman–Crippen LogP) is 2.51. The maximum atomic E-state index is 12.3. The molecular weight excluding hydrogens is 341 g/mol. The maximum Gasteiger partial charge on any atom is 0.244 e. The molecule has 1 aliphatic rings. The Hall–Kier alpha value is -0.590. The van der Waals surface area contributed by atoms with Crippen molar-refractivity contribution in [3.8, 4) is 0 Å². The smallest absolute Gasteiger partial charge is 0.244 e. The molecule has 18 heavy (non-hydrogen) atoms. The Morgan fingerprint density at radius 2 is 1.83 bits per heavy atom. The third-order valence-corrected chi connectivity index (χ3v) is 5.10. The zero-order valence-corrected chi connectivity index (χ0v) is 13.2. The summed E-state index contributed by atoms with van der Waals surface area (Å²) in [5.74, 6) is 0.207. The Morgan fingerprint density at radius 1 is 1.22 bits per heavy atom. The minimum Gasteiger partial charge on any atom is -0.341 e. The topological polar surface area (TPSA) is 38.1 Å². The van der Waals surface area contributed by atoms with E-state index in [1.54, 1.807) is 0 Å². The molecule has 2 heterocycles. The number of rotatable bonds is 2. The number of carbonyl (C=O) groups excluding carboxylic acids is 1. The van der Waals surface area contributed by atoms with E-state index in [9.17, 15) is 4.79 Å². The molecule has 0 unspecified atom stereocenters. The van der Waals surface area contributed by atoms with Crippen molar-refractivity contribution in [2.75, 3.05) is 13.1 Å².